The predicted octanol–water partition coefficient (Wildman–Crippen LogP) is 1.57. The molecule has 0 saturated carbocycles. The van der Waals surface area contributed by atoms with Crippen molar-refractivity contribution in [2.45, 2.75) is 20.0 Å². The molecule has 1 rings (SSSR count). The molecule has 0 aliphatic rings. The van der Waals surface area contributed by atoms with Gasteiger partial charge in [-0.15, -0.1) is 0 Å². The van der Waals surface area contributed by atoms with E-state index in [0.717, 1.165) is 0 Å². The molecule has 0 aliphatic heterocycles. The van der Waals surface area contributed by atoms with E-state index < -0.39 is 5.97 Å². The molecule has 1 N–H and O–H groups in total. The van der Waals surface area contributed by atoms with Crippen molar-refractivity contribution in [3.05, 3.63) is 24.0 Å². The smallest absolute Gasteiger partial charge is 0.337 e. The van der Waals surface area contributed by atoms with Crippen LogP contribution in [-0.2, 0) is 0 Å². The van der Waals surface area contributed by atoms with Crippen LogP contribution in [0.3, 0.4) is 0 Å². The number of carboxylic acid groups (broad SMARTS) is 1. The number of pyridine rings is 1. The summed E-state index contributed by atoms with van der Waals surface area (Å²) >= 11 is 0. The number of aromatic carboxylic acids is 1. The summed E-state index contributed by atoms with van der Waals surface area (Å²) in [6.45, 7) is 3.74. The van der Waals surface area contributed by atoms with Crippen LogP contribution in [-0.4, -0.2) is 22.2 Å². The molecule has 0 saturated heterocycles. The van der Waals surface area contributed by atoms with Gasteiger partial charge in [0.15, 0.2) is 0 Å². The Kier molecular flexibility index (Phi) is 2.84. The molecule has 0 spiro atoms. The number of ether oxygens (including phenoxy) is 1. The molecular weight excluding hydrogens is 170 g/mol. The van der Waals surface area contributed by atoms with Crippen molar-refractivity contribution in [3.63, 3.8) is 0 Å². The van der Waals surface area contributed by atoms with Crippen LogP contribution in [0.15, 0.2) is 18.5 Å². The fourth-order valence-electron chi connectivity index (χ4n) is 0.872. The highest BCUT2D eigenvalue weighted by molar-refractivity contribution is 5.87. The summed E-state index contributed by atoms with van der Waals surface area (Å²) < 4.78 is 5.28. The average molecular weight is 181 g/mol. The zero-order valence-electron chi connectivity index (χ0n) is 7.52. The van der Waals surface area contributed by atoms with E-state index in [9.17, 15) is 4.79 Å². The van der Waals surface area contributed by atoms with Crippen molar-refractivity contribution in [2.75, 3.05) is 0 Å². The topological polar surface area (TPSA) is 59.4 Å². The summed E-state index contributed by atoms with van der Waals surface area (Å²) in [6.07, 6.45) is 2.80. The quantitative estimate of drug-likeness (QED) is 0.768. The normalized spacial score (nSPS) is 10.1. The van der Waals surface area contributed by atoms with Crippen LogP contribution in [0.4, 0.5) is 0 Å². The second-order valence-electron chi connectivity index (χ2n) is 2.88. The number of hydrogen-bond donors (Lipinski definition) is 1. The van der Waals surface area contributed by atoms with E-state index in [-0.39, 0.29) is 11.7 Å². The van der Waals surface area contributed by atoms with E-state index in [0.29, 0.717) is 5.75 Å². The van der Waals surface area contributed by atoms with Crippen LogP contribution in [0.2, 0.25) is 0 Å². The van der Waals surface area contributed by atoms with Gasteiger partial charge in [-0.1, -0.05) is 0 Å². The van der Waals surface area contributed by atoms with Gasteiger partial charge in [0, 0.05) is 6.20 Å². The molecule has 0 radical (unpaired) electrons. The van der Waals surface area contributed by atoms with E-state index in [2.05, 4.69) is 4.98 Å². The van der Waals surface area contributed by atoms with Gasteiger partial charge in [-0.2, -0.15) is 0 Å². The zero-order valence-corrected chi connectivity index (χ0v) is 7.52. The van der Waals surface area contributed by atoms with Gasteiger partial charge in [-0.05, 0) is 19.9 Å². The summed E-state index contributed by atoms with van der Waals surface area (Å²) in [5.74, 6) is -0.517. The summed E-state index contributed by atoms with van der Waals surface area (Å²) in [5.41, 5.74) is 0.137. The van der Waals surface area contributed by atoms with Crippen molar-refractivity contribution in [2.24, 2.45) is 0 Å². The monoisotopic (exact) mass is 181 g/mol. The first-order valence-electron chi connectivity index (χ1n) is 3.94. The van der Waals surface area contributed by atoms with E-state index in [1.54, 1.807) is 0 Å². The standard InChI is InChI=1S/C9H11NO3/c1-6(2)13-8-3-7(9(11)12)4-10-5-8/h3-6H,1-2H3,(H,11,12). The first kappa shape index (κ1) is 9.51. The third kappa shape index (κ3) is 2.74. The molecular formula is C9H11NO3. The minimum Gasteiger partial charge on any atom is -0.489 e. The Morgan fingerprint density at radius 3 is 2.77 bits per heavy atom. The maximum atomic E-state index is 10.5. The largest absolute Gasteiger partial charge is 0.489 e. The highest BCUT2D eigenvalue weighted by atomic mass is 16.5. The summed E-state index contributed by atoms with van der Waals surface area (Å²) in [7, 11) is 0. The molecule has 1 aromatic rings. The molecule has 0 aliphatic carbocycles. The van der Waals surface area contributed by atoms with E-state index >= 15 is 0 Å². The second-order valence-corrected chi connectivity index (χ2v) is 2.88. The van der Waals surface area contributed by atoms with Crippen molar-refractivity contribution in [1.29, 1.82) is 0 Å². The molecule has 0 atom stereocenters. The predicted molar refractivity (Wildman–Crippen MR) is 47.0 cm³/mol. The van der Waals surface area contributed by atoms with Gasteiger partial charge in [0.25, 0.3) is 0 Å². The van der Waals surface area contributed by atoms with E-state index in [1.165, 1.54) is 18.5 Å². The number of aromatic nitrogens is 1. The minimum atomic E-state index is -0.998. The maximum Gasteiger partial charge on any atom is 0.337 e. The van der Waals surface area contributed by atoms with Crippen LogP contribution in [0.1, 0.15) is 24.2 Å². The third-order valence-corrected chi connectivity index (χ3v) is 1.33. The number of nitrogens with zero attached hydrogens (tertiary/aromatic N) is 1. The molecule has 1 aromatic heterocycles. The lowest BCUT2D eigenvalue weighted by Gasteiger charge is -2.08. The van der Waals surface area contributed by atoms with Gasteiger partial charge in [-0.3, -0.25) is 4.98 Å². The molecule has 0 aromatic carbocycles. The molecule has 0 amide bonds. The van der Waals surface area contributed by atoms with Crippen LogP contribution in [0, 0.1) is 0 Å². The van der Waals surface area contributed by atoms with E-state index in [1.807, 2.05) is 13.8 Å². The Bertz CT molecular complexity index is 309. The highest BCUT2D eigenvalue weighted by Gasteiger charge is 2.05. The Hall–Kier alpha value is -1.58. The Balaban J connectivity index is 2.85. The van der Waals surface area contributed by atoms with Crippen molar-refractivity contribution < 1.29 is 14.6 Å². The fourth-order valence-corrected chi connectivity index (χ4v) is 0.872. The molecule has 13 heavy (non-hydrogen) atoms. The van der Waals surface area contributed by atoms with Gasteiger partial charge in [0.05, 0.1) is 17.9 Å². The summed E-state index contributed by atoms with van der Waals surface area (Å²) in [5, 5.41) is 8.65. The van der Waals surface area contributed by atoms with Crippen molar-refractivity contribution in [3.8, 4) is 5.75 Å². The third-order valence-electron chi connectivity index (χ3n) is 1.33. The molecule has 0 unspecified atom stereocenters. The first-order chi connectivity index (χ1) is 6.09. The van der Waals surface area contributed by atoms with Gasteiger partial charge >= 0.3 is 5.97 Å². The van der Waals surface area contributed by atoms with Crippen LogP contribution >= 0.6 is 0 Å². The molecule has 0 fully saturated rings. The van der Waals surface area contributed by atoms with Crippen LogP contribution in [0.25, 0.3) is 0 Å². The molecule has 70 valence electrons. The highest BCUT2D eigenvalue weighted by Crippen LogP contribution is 2.12. The van der Waals surface area contributed by atoms with E-state index in [4.69, 9.17) is 9.84 Å². The maximum absolute atomic E-state index is 10.5. The van der Waals surface area contributed by atoms with Crippen LogP contribution < -0.4 is 4.74 Å². The molecule has 4 heteroatoms. The van der Waals surface area contributed by atoms with Gasteiger partial charge < -0.3 is 9.84 Å². The molecule has 4 nitrogen and oxygen atoms in total. The number of hydrogen-bond acceptors (Lipinski definition) is 3. The van der Waals surface area contributed by atoms with Crippen molar-refractivity contribution >= 4 is 5.97 Å². The van der Waals surface area contributed by atoms with Gasteiger partial charge in [-0.25, -0.2) is 4.79 Å². The number of carboxylic acids is 1. The SMILES string of the molecule is CC(C)Oc1cncc(C(=O)O)c1. The minimum absolute atomic E-state index is 0.0193. The lowest BCUT2D eigenvalue weighted by Crippen LogP contribution is -2.07. The Morgan fingerprint density at radius 1 is 1.54 bits per heavy atom. The Morgan fingerprint density at radius 2 is 2.23 bits per heavy atom. The summed E-state index contributed by atoms with van der Waals surface area (Å²) in [4.78, 5) is 14.3. The zero-order chi connectivity index (χ0) is 9.84. The second kappa shape index (κ2) is 3.89. The fraction of sp³-hybridized carbons (Fsp3) is 0.333. The first-order valence-corrected chi connectivity index (χ1v) is 3.94. The van der Waals surface area contributed by atoms with Crippen LogP contribution in [0.5, 0.6) is 5.75 Å². The number of carbonyl (C=O) groups is 1. The number of rotatable bonds is 3. The van der Waals surface area contributed by atoms with Gasteiger partial charge in [0.2, 0.25) is 0 Å². The molecule has 1 heterocycles. The average Bonchev–Trinajstić information content (AvgIpc) is 2.03. The van der Waals surface area contributed by atoms with Crippen molar-refractivity contribution in [1.82, 2.24) is 4.98 Å². The lowest BCUT2D eigenvalue weighted by atomic mass is 10.3. The lowest BCUT2D eigenvalue weighted by molar-refractivity contribution is 0.0695. The molecule has 0 bridgehead atoms. The summed E-state index contributed by atoms with van der Waals surface area (Å²) in [6, 6.07) is 1.45. The van der Waals surface area contributed by atoms with Gasteiger partial charge in [0.1, 0.15) is 5.75 Å². The Labute approximate surface area is 76.2 Å².